The van der Waals surface area contributed by atoms with E-state index >= 15 is 0 Å². The molecular formula is C16H26NOSi. The van der Waals surface area contributed by atoms with E-state index < -0.39 is 14.2 Å². The molecule has 0 aromatic carbocycles. The van der Waals surface area contributed by atoms with Crippen LogP contribution in [0.3, 0.4) is 0 Å². The van der Waals surface area contributed by atoms with Gasteiger partial charge in [0.25, 0.3) is 0 Å². The molecule has 1 radical (unpaired) electrons. The molecule has 1 amide bonds. The maximum Gasteiger partial charge on any atom is 0.248 e. The van der Waals surface area contributed by atoms with Crippen molar-refractivity contribution in [2.75, 3.05) is 0 Å². The zero-order chi connectivity index (χ0) is 14.2. The molecule has 0 bridgehead atoms. The first-order valence-corrected chi connectivity index (χ1v) is 10.5. The average Bonchev–Trinajstić information content (AvgIpc) is 2.69. The van der Waals surface area contributed by atoms with E-state index in [-0.39, 0.29) is 5.91 Å². The minimum absolute atomic E-state index is 0.316. The van der Waals surface area contributed by atoms with Crippen LogP contribution in [0.25, 0.3) is 0 Å². The average molecular weight is 276 g/mol. The summed E-state index contributed by atoms with van der Waals surface area (Å²) in [6.07, 6.45) is 8.74. The van der Waals surface area contributed by atoms with Gasteiger partial charge in [0.05, 0.1) is 5.41 Å². The molecule has 19 heavy (non-hydrogen) atoms. The quantitative estimate of drug-likeness (QED) is 0.724. The second kappa shape index (κ2) is 5.27. The van der Waals surface area contributed by atoms with E-state index in [0.29, 0.717) is 11.5 Å². The Balaban J connectivity index is 2.54. The topological polar surface area (TPSA) is 40.9 Å². The third kappa shape index (κ3) is 2.22. The van der Waals surface area contributed by atoms with Crippen molar-refractivity contribution in [1.82, 2.24) is 5.73 Å². The van der Waals surface area contributed by atoms with Gasteiger partial charge >= 0.3 is 0 Å². The molecule has 1 fully saturated rings. The fourth-order valence-electron chi connectivity index (χ4n) is 4.43. The summed E-state index contributed by atoms with van der Waals surface area (Å²) in [7, 11) is -0.947. The molecule has 0 saturated heterocycles. The molecule has 2 aliphatic carbocycles. The van der Waals surface area contributed by atoms with Crippen molar-refractivity contribution >= 4 is 14.7 Å². The summed E-state index contributed by atoms with van der Waals surface area (Å²) in [6, 6.07) is 0. The van der Waals surface area contributed by atoms with Crippen molar-refractivity contribution in [3.05, 3.63) is 23.3 Å². The molecule has 3 unspecified atom stereocenters. The minimum Gasteiger partial charge on any atom is -0.272 e. The van der Waals surface area contributed by atoms with E-state index in [2.05, 4.69) is 39.1 Å². The zero-order valence-electron chi connectivity index (χ0n) is 12.6. The van der Waals surface area contributed by atoms with Gasteiger partial charge in [-0.2, -0.15) is 0 Å². The number of carbonyl (C=O) groups excluding carboxylic acids is 1. The van der Waals surface area contributed by atoms with Crippen molar-refractivity contribution in [3.8, 4) is 0 Å². The van der Waals surface area contributed by atoms with Crippen LogP contribution in [0, 0.1) is 11.3 Å². The molecule has 1 saturated carbocycles. The summed E-state index contributed by atoms with van der Waals surface area (Å²) in [5.74, 6) is 0.0194. The molecule has 0 aromatic rings. The number of amides is 1. The smallest absolute Gasteiger partial charge is 0.248 e. The Morgan fingerprint density at radius 3 is 2.58 bits per heavy atom. The Morgan fingerprint density at radius 1 is 1.42 bits per heavy atom. The summed E-state index contributed by atoms with van der Waals surface area (Å²) < 4.78 is 0. The maximum atomic E-state index is 12.3. The molecule has 3 atom stereocenters. The van der Waals surface area contributed by atoms with Gasteiger partial charge in [0, 0.05) is 8.80 Å². The van der Waals surface area contributed by atoms with Gasteiger partial charge in [0.2, 0.25) is 5.91 Å². The lowest BCUT2D eigenvalue weighted by atomic mass is 9.64. The summed E-state index contributed by atoms with van der Waals surface area (Å²) in [5.41, 5.74) is 10.5. The van der Waals surface area contributed by atoms with E-state index in [1.807, 2.05) is 0 Å². The van der Waals surface area contributed by atoms with Crippen molar-refractivity contribution in [1.29, 1.82) is 0 Å². The van der Waals surface area contributed by atoms with Crippen molar-refractivity contribution < 1.29 is 4.79 Å². The van der Waals surface area contributed by atoms with Crippen molar-refractivity contribution in [2.45, 2.75) is 58.2 Å². The van der Waals surface area contributed by atoms with Crippen LogP contribution in [0.5, 0.6) is 0 Å². The summed E-state index contributed by atoms with van der Waals surface area (Å²) in [6.45, 7) is 8.99. The van der Waals surface area contributed by atoms with Gasteiger partial charge in [-0.05, 0) is 30.4 Å². The van der Waals surface area contributed by atoms with Crippen LogP contribution < -0.4 is 5.73 Å². The zero-order valence-corrected chi connectivity index (χ0v) is 13.8. The van der Waals surface area contributed by atoms with Crippen molar-refractivity contribution in [2.24, 2.45) is 11.3 Å². The highest BCUT2D eigenvalue weighted by atomic mass is 28.3. The van der Waals surface area contributed by atoms with Crippen LogP contribution in [-0.4, -0.2) is 14.7 Å². The van der Waals surface area contributed by atoms with Crippen LogP contribution in [0.1, 0.15) is 39.5 Å². The van der Waals surface area contributed by atoms with E-state index in [1.165, 1.54) is 17.6 Å². The standard InChI is InChI=1S/C16H26NOSi/c1-11-8-9-12(2)14(11)16(15(17)18)10-6-5-7-13(16)19(3)4/h8-9,11,13,17,19H,5-7,10H2,1-4H3. The molecular weight excluding hydrogens is 250 g/mol. The first-order chi connectivity index (χ1) is 8.91. The van der Waals surface area contributed by atoms with Gasteiger partial charge < -0.3 is 0 Å². The van der Waals surface area contributed by atoms with Gasteiger partial charge in [0.15, 0.2) is 0 Å². The number of allylic oxidation sites excluding steroid dienone is 3. The van der Waals surface area contributed by atoms with E-state index in [9.17, 15) is 4.79 Å². The molecule has 2 rings (SSSR count). The molecule has 0 spiro atoms. The predicted molar refractivity (Wildman–Crippen MR) is 82.6 cm³/mol. The number of hydrogen-bond donors (Lipinski definition) is 0. The van der Waals surface area contributed by atoms with Crippen molar-refractivity contribution in [3.63, 3.8) is 0 Å². The molecule has 1 N–H and O–H groups in total. The molecule has 105 valence electrons. The second-order valence-corrected chi connectivity index (χ2v) is 9.93. The van der Waals surface area contributed by atoms with Crippen LogP contribution >= 0.6 is 0 Å². The van der Waals surface area contributed by atoms with E-state index in [1.54, 1.807) is 0 Å². The van der Waals surface area contributed by atoms with Gasteiger partial charge in [-0.25, -0.2) is 0 Å². The third-order valence-electron chi connectivity index (χ3n) is 5.17. The van der Waals surface area contributed by atoms with Gasteiger partial charge in [-0.15, -0.1) is 0 Å². The molecule has 3 heteroatoms. The Kier molecular flexibility index (Phi) is 4.05. The fourth-order valence-corrected chi connectivity index (χ4v) is 6.97. The SMILES string of the molecule is CC1=C(C2(C([NH])=O)CCCCC2[SiH](C)C)C(C)C=C1. The lowest BCUT2D eigenvalue weighted by molar-refractivity contribution is -0.128. The largest absolute Gasteiger partial charge is 0.272 e. The number of hydrogen-bond acceptors (Lipinski definition) is 1. The Morgan fingerprint density at radius 2 is 2.11 bits per heavy atom. The lowest BCUT2D eigenvalue weighted by Gasteiger charge is -2.46. The highest BCUT2D eigenvalue weighted by Crippen LogP contribution is 2.56. The number of rotatable bonds is 3. The maximum absolute atomic E-state index is 12.3. The van der Waals surface area contributed by atoms with Crippen LogP contribution in [0.2, 0.25) is 18.6 Å². The minimum atomic E-state index is -0.947. The second-order valence-electron chi connectivity index (χ2n) is 6.64. The molecule has 0 aliphatic heterocycles. The monoisotopic (exact) mass is 276 g/mol. The van der Waals surface area contributed by atoms with Gasteiger partial charge in [-0.3, -0.25) is 10.5 Å². The highest BCUT2D eigenvalue weighted by molar-refractivity contribution is 6.58. The molecule has 0 heterocycles. The third-order valence-corrected chi connectivity index (χ3v) is 7.69. The lowest BCUT2D eigenvalue weighted by Crippen LogP contribution is -2.46. The first-order valence-electron chi connectivity index (χ1n) is 7.56. The Labute approximate surface area is 118 Å². The van der Waals surface area contributed by atoms with Crippen LogP contribution in [0.15, 0.2) is 23.3 Å². The van der Waals surface area contributed by atoms with Crippen LogP contribution in [-0.2, 0) is 4.79 Å². The van der Waals surface area contributed by atoms with E-state index in [4.69, 9.17) is 5.73 Å². The van der Waals surface area contributed by atoms with Gasteiger partial charge in [-0.1, -0.05) is 57.0 Å². The summed E-state index contributed by atoms with van der Waals surface area (Å²) in [4.78, 5) is 12.3. The van der Waals surface area contributed by atoms with E-state index in [0.717, 1.165) is 19.3 Å². The molecule has 2 nitrogen and oxygen atoms in total. The number of carbonyl (C=O) groups is 1. The predicted octanol–water partition coefficient (Wildman–Crippen LogP) is 3.74. The molecule has 2 aliphatic rings. The van der Waals surface area contributed by atoms with Gasteiger partial charge in [0.1, 0.15) is 0 Å². The van der Waals surface area contributed by atoms with Crippen LogP contribution in [0.4, 0.5) is 0 Å². The summed E-state index contributed by atoms with van der Waals surface area (Å²) >= 11 is 0. The summed E-state index contributed by atoms with van der Waals surface area (Å²) in [5, 5.41) is 0. The molecule has 0 aromatic heterocycles. The first kappa shape index (κ1) is 14.6. The fraction of sp³-hybridized carbons (Fsp3) is 0.688. The number of nitrogens with one attached hydrogen (secondary N) is 1. The Hall–Kier alpha value is -0.833. The normalized spacial score (nSPS) is 35.2. The Bertz CT molecular complexity index is 438. The highest BCUT2D eigenvalue weighted by Gasteiger charge is 2.51.